The summed E-state index contributed by atoms with van der Waals surface area (Å²) in [5.41, 5.74) is 6.04. The lowest BCUT2D eigenvalue weighted by Crippen LogP contribution is -2.27. The zero-order valence-electron chi connectivity index (χ0n) is 15.2. The molecule has 0 aliphatic heterocycles. The van der Waals surface area contributed by atoms with E-state index in [2.05, 4.69) is 22.2 Å². The van der Waals surface area contributed by atoms with Crippen LogP contribution < -0.4 is 0 Å². The Morgan fingerprint density at radius 3 is 2.52 bits per heavy atom. The van der Waals surface area contributed by atoms with Gasteiger partial charge in [-0.1, -0.05) is 30.3 Å². The highest BCUT2D eigenvalue weighted by atomic mass is 16.2. The number of nitrogens with zero attached hydrogens (tertiary/aromatic N) is 3. The summed E-state index contributed by atoms with van der Waals surface area (Å²) in [7, 11) is 3.75. The molecule has 0 fully saturated rings. The predicted octanol–water partition coefficient (Wildman–Crippen LogP) is 3.23. The molecule has 1 amide bonds. The minimum atomic E-state index is -0.0121. The third kappa shape index (κ3) is 3.65. The zero-order valence-corrected chi connectivity index (χ0v) is 15.2. The molecule has 0 spiro atoms. The Bertz CT molecular complexity index is 876. The molecule has 25 heavy (non-hydrogen) atoms. The fraction of sp³-hybridized carbons (Fsp3) is 0.300. The van der Waals surface area contributed by atoms with E-state index < -0.39 is 0 Å². The molecule has 3 aromatic rings. The molecule has 2 aromatic heterocycles. The molecule has 0 saturated heterocycles. The van der Waals surface area contributed by atoms with Crippen molar-refractivity contribution in [2.75, 3.05) is 7.05 Å². The summed E-state index contributed by atoms with van der Waals surface area (Å²) < 4.78 is 1.86. The minimum Gasteiger partial charge on any atom is -0.354 e. The first-order chi connectivity index (χ1) is 12.0. The Labute approximate surface area is 148 Å². The lowest BCUT2D eigenvalue weighted by atomic mass is 10.1. The Hall–Kier alpha value is -2.82. The van der Waals surface area contributed by atoms with E-state index in [1.807, 2.05) is 63.0 Å². The smallest absolute Gasteiger partial charge is 0.270 e. The third-order valence-corrected chi connectivity index (χ3v) is 4.62. The van der Waals surface area contributed by atoms with Gasteiger partial charge >= 0.3 is 0 Å². The number of amides is 1. The van der Waals surface area contributed by atoms with Gasteiger partial charge in [0, 0.05) is 44.0 Å². The number of hydrogen-bond donors (Lipinski definition) is 1. The van der Waals surface area contributed by atoms with Crippen LogP contribution in [-0.4, -0.2) is 32.6 Å². The summed E-state index contributed by atoms with van der Waals surface area (Å²) in [5, 5.41) is 4.42. The number of carbonyl (C=O) groups is 1. The molecule has 0 bridgehead atoms. The summed E-state index contributed by atoms with van der Waals surface area (Å²) in [6.07, 6.45) is 0.790. The van der Waals surface area contributed by atoms with Crippen molar-refractivity contribution in [3.05, 3.63) is 76.4 Å². The molecule has 0 aliphatic rings. The highest BCUT2D eigenvalue weighted by molar-refractivity contribution is 5.92. The summed E-state index contributed by atoms with van der Waals surface area (Å²) in [6.45, 7) is 4.56. The maximum Gasteiger partial charge on any atom is 0.270 e. The Balaban J connectivity index is 1.70. The van der Waals surface area contributed by atoms with Crippen molar-refractivity contribution < 1.29 is 4.79 Å². The second kappa shape index (κ2) is 6.97. The van der Waals surface area contributed by atoms with Gasteiger partial charge < -0.3 is 9.88 Å². The van der Waals surface area contributed by atoms with E-state index in [1.54, 1.807) is 4.90 Å². The van der Waals surface area contributed by atoms with Gasteiger partial charge in [-0.3, -0.25) is 9.48 Å². The quantitative estimate of drug-likeness (QED) is 0.778. The van der Waals surface area contributed by atoms with Gasteiger partial charge in [-0.2, -0.15) is 5.10 Å². The largest absolute Gasteiger partial charge is 0.354 e. The summed E-state index contributed by atoms with van der Waals surface area (Å²) in [6, 6.07) is 14.1. The van der Waals surface area contributed by atoms with Gasteiger partial charge in [-0.15, -0.1) is 0 Å². The van der Waals surface area contributed by atoms with Gasteiger partial charge in [0.25, 0.3) is 5.91 Å². The van der Waals surface area contributed by atoms with Crippen LogP contribution in [0.2, 0.25) is 0 Å². The molecule has 0 saturated carbocycles. The first-order valence-electron chi connectivity index (χ1n) is 8.42. The number of aryl methyl sites for hydroxylation is 2. The van der Waals surface area contributed by atoms with Crippen molar-refractivity contribution in [1.82, 2.24) is 19.7 Å². The van der Waals surface area contributed by atoms with Crippen LogP contribution in [0.25, 0.3) is 0 Å². The molecule has 3 rings (SSSR count). The standard InChI is InChI=1S/C20H24N4O/c1-14-18(15(2)24(4)22-14)13-23(3)20(25)19-11-10-17(21-19)12-16-8-6-5-7-9-16/h5-11,21H,12-13H2,1-4H3. The molecular formula is C20H24N4O. The van der Waals surface area contributed by atoms with Crippen LogP contribution in [0.3, 0.4) is 0 Å². The van der Waals surface area contributed by atoms with Gasteiger partial charge in [-0.05, 0) is 31.5 Å². The molecule has 2 heterocycles. The number of aromatic nitrogens is 3. The van der Waals surface area contributed by atoms with Crippen LogP contribution in [0.1, 0.15) is 38.7 Å². The Kier molecular flexibility index (Phi) is 4.74. The highest BCUT2D eigenvalue weighted by Crippen LogP contribution is 2.16. The highest BCUT2D eigenvalue weighted by Gasteiger charge is 2.18. The van der Waals surface area contributed by atoms with Crippen LogP contribution in [0, 0.1) is 13.8 Å². The number of aromatic amines is 1. The zero-order chi connectivity index (χ0) is 18.0. The lowest BCUT2D eigenvalue weighted by molar-refractivity contribution is 0.0779. The molecule has 0 atom stereocenters. The normalized spacial score (nSPS) is 10.9. The van der Waals surface area contributed by atoms with Crippen LogP contribution in [0.5, 0.6) is 0 Å². The van der Waals surface area contributed by atoms with Crippen LogP contribution >= 0.6 is 0 Å². The molecular weight excluding hydrogens is 312 g/mol. The molecule has 5 nitrogen and oxygen atoms in total. The molecule has 0 radical (unpaired) electrons. The summed E-state index contributed by atoms with van der Waals surface area (Å²) in [5.74, 6) is -0.0121. The van der Waals surface area contributed by atoms with E-state index in [4.69, 9.17) is 0 Å². The minimum absolute atomic E-state index is 0.0121. The van der Waals surface area contributed by atoms with Crippen LogP contribution in [0.4, 0.5) is 0 Å². The maximum absolute atomic E-state index is 12.7. The van der Waals surface area contributed by atoms with Gasteiger partial charge in [0.05, 0.1) is 5.69 Å². The lowest BCUT2D eigenvalue weighted by Gasteiger charge is -2.16. The first kappa shape index (κ1) is 17.0. The first-order valence-corrected chi connectivity index (χ1v) is 8.42. The van der Waals surface area contributed by atoms with Gasteiger partial charge in [-0.25, -0.2) is 0 Å². The summed E-state index contributed by atoms with van der Waals surface area (Å²) >= 11 is 0. The van der Waals surface area contributed by atoms with Gasteiger partial charge in [0.1, 0.15) is 5.69 Å². The van der Waals surface area contributed by atoms with Gasteiger partial charge in [0.15, 0.2) is 0 Å². The fourth-order valence-electron chi connectivity index (χ4n) is 3.04. The van der Waals surface area contributed by atoms with E-state index in [9.17, 15) is 4.79 Å². The number of H-pyrrole nitrogens is 1. The molecule has 1 N–H and O–H groups in total. The van der Waals surface area contributed by atoms with Crippen molar-refractivity contribution >= 4 is 5.91 Å². The van der Waals surface area contributed by atoms with Crippen LogP contribution in [-0.2, 0) is 20.0 Å². The average Bonchev–Trinajstić information content (AvgIpc) is 3.15. The monoisotopic (exact) mass is 336 g/mol. The molecule has 1 aromatic carbocycles. The van der Waals surface area contributed by atoms with Crippen LogP contribution in [0.15, 0.2) is 42.5 Å². The molecule has 0 unspecified atom stereocenters. The van der Waals surface area contributed by atoms with Gasteiger partial charge in [0.2, 0.25) is 0 Å². The Morgan fingerprint density at radius 1 is 1.16 bits per heavy atom. The second-order valence-corrected chi connectivity index (χ2v) is 6.49. The predicted molar refractivity (Wildman–Crippen MR) is 98.5 cm³/mol. The number of benzene rings is 1. The van der Waals surface area contributed by atoms with Crippen molar-refractivity contribution in [2.45, 2.75) is 26.8 Å². The van der Waals surface area contributed by atoms with Crippen molar-refractivity contribution in [1.29, 1.82) is 0 Å². The number of rotatable bonds is 5. The second-order valence-electron chi connectivity index (χ2n) is 6.49. The van der Waals surface area contributed by atoms with E-state index in [-0.39, 0.29) is 5.91 Å². The van der Waals surface area contributed by atoms with E-state index in [1.165, 1.54) is 5.56 Å². The maximum atomic E-state index is 12.7. The summed E-state index contributed by atoms with van der Waals surface area (Å²) in [4.78, 5) is 17.7. The number of carbonyl (C=O) groups excluding carboxylic acids is 1. The SMILES string of the molecule is Cc1nn(C)c(C)c1CN(C)C(=O)c1ccc(Cc2ccccc2)[nH]1. The number of nitrogens with one attached hydrogen (secondary N) is 1. The van der Waals surface area contributed by atoms with Crippen molar-refractivity contribution in [2.24, 2.45) is 7.05 Å². The fourth-order valence-corrected chi connectivity index (χ4v) is 3.04. The average molecular weight is 336 g/mol. The third-order valence-electron chi connectivity index (χ3n) is 4.62. The van der Waals surface area contributed by atoms with E-state index in [0.29, 0.717) is 12.2 Å². The Morgan fingerprint density at radius 2 is 1.88 bits per heavy atom. The van der Waals surface area contributed by atoms with E-state index >= 15 is 0 Å². The molecule has 5 heteroatoms. The van der Waals surface area contributed by atoms with E-state index in [0.717, 1.165) is 29.1 Å². The molecule has 130 valence electrons. The molecule has 0 aliphatic carbocycles. The van der Waals surface area contributed by atoms with Crippen molar-refractivity contribution in [3.8, 4) is 0 Å². The number of hydrogen-bond acceptors (Lipinski definition) is 2. The topological polar surface area (TPSA) is 53.9 Å². The van der Waals surface area contributed by atoms with Crippen molar-refractivity contribution in [3.63, 3.8) is 0 Å².